The molecule has 0 radical (unpaired) electrons. The lowest BCUT2D eigenvalue weighted by Gasteiger charge is -2.21. The Labute approximate surface area is 158 Å². The molecule has 1 atom stereocenters. The summed E-state index contributed by atoms with van der Waals surface area (Å²) in [6.07, 6.45) is 2.94. The van der Waals surface area contributed by atoms with E-state index in [0.717, 1.165) is 36.6 Å². The first-order valence-electron chi connectivity index (χ1n) is 9.07. The molecule has 1 fully saturated rings. The lowest BCUT2D eigenvalue weighted by Crippen LogP contribution is -2.31. The van der Waals surface area contributed by atoms with Gasteiger partial charge in [0, 0.05) is 25.3 Å². The summed E-state index contributed by atoms with van der Waals surface area (Å²) in [6, 6.07) is 14.1. The summed E-state index contributed by atoms with van der Waals surface area (Å²) >= 11 is 0. The van der Waals surface area contributed by atoms with Crippen LogP contribution in [0.1, 0.15) is 12.2 Å². The molecule has 140 valence electrons. The summed E-state index contributed by atoms with van der Waals surface area (Å²) in [4.78, 5) is 13.6. The fraction of sp³-hybridized carbons (Fsp3) is 0.350. The summed E-state index contributed by atoms with van der Waals surface area (Å²) in [5.74, 6) is 2.71. The predicted molar refractivity (Wildman–Crippen MR) is 103 cm³/mol. The van der Waals surface area contributed by atoms with Crippen LogP contribution in [0.15, 0.2) is 53.2 Å². The van der Waals surface area contributed by atoms with Gasteiger partial charge >= 0.3 is 0 Å². The van der Waals surface area contributed by atoms with Crippen molar-refractivity contribution in [2.75, 3.05) is 32.1 Å². The van der Waals surface area contributed by atoms with Crippen molar-refractivity contribution in [3.05, 3.63) is 54.5 Å². The number of anilines is 1. The van der Waals surface area contributed by atoms with Gasteiger partial charge in [0.15, 0.2) is 6.61 Å². The van der Waals surface area contributed by atoms with Gasteiger partial charge in [0.05, 0.1) is 5.56 Å². The van der Waals surface area contributed by atoms with Gasteiger partial charge in [-0.3, -0.25) is 0 Å². The van der Waals surface area contributed by atoms with Gasteiger partial charge in [0.2, 0.25) is 5.82 Å². The number of nitrogens with zero attached hydrogens (tertiary/aromatic N) is 5. The Morgan fingerprint density at radius 2 is 2.04 bits per heavy atom. The Kier molecular flexibility index (Phi) is 5.02. The molecule has 0 aliphatic carbocycles. The highest BCUT2D eigenvalue weighted by molar-refractivity contribution is 5.55. The first-order chi connectivity index (χ1) is 13.2. The van der Waals surface area contributed by atoms with Crippen LogP contribution in [0.4, 0.5) is 5.82 Å². The standard InChI is InChI=1S/C20H23N5O2/c1-24(2)16-10-11-25(13-16)19-9-8-15(12-21-19)20-22-18(23-27-20)14-26-17-6-4-3-5-7-17/h3-9,12,16H,10-11,13-14H2,1-2H3/t16-/m1/s1. The number of hydrogen-bond donors (Lipinski definition) is 0. The van der Waals surface area contributed by atoms with Crippen molar-refractivity contribution in [2.45, 2.75) is 19.1 Å². The number of ether oxygens (including phenoxy) is 1. The Hall–Kier alpha value is -2.93. The number of rotatable bonds is 6. The second-order valence-corrected chi connectivity index (χ2v) is 6.87. The summed E-state index contributed by atoms with van der Waals surface area (Å²) < 4.78 is 11.0. The third kappa shape index (κ3) is 4.09. The van der Waals surface area contributed by atoms with Gasteiger partial charge in [-0.25, -0.2) is 4.98 Å². The first-order valence-corrected chi connectivity index (χ1v) is 9.07. The molecule has 4 rings (SSSR count). The van der Waals surface area contributed by atoms with Gasteiger partial charge in [-0.05, 0) is 44.8 Å². The fourth-order valence-corrected chi connectivity index (χ4v) is 3.17. The average Bonchev–Trinajstić information content (AvgIpc) is 3.37. The third-order valence-electron chi connectivity index (χ3n) is 4.79. The third-order valence-corrected chi connectivity index (χ3v) is 4.79. The van der Waals surface area contributed by atoms with E-state index in [1.807, 2.05) is 42.5 Å². The molecule has 7 heteroatoms. The van der Waals surface area contributed by atoms with E-state index in [-0.39, 0.29) is 6.61 Å². The van der Waals surface area contributed by atoms with Crippen LogP contribution in [0, 0.1) is 0 Å². The Balaban J connectivity index is 1.39. The zero-order chi connectivity index (χ0) is 18.6. The maximum Gasteiger partial charge on any atom is 0.259 e. The minimum absolute atomic E-state index is 0.263. The normalized spacial score (nSPS) is 16.9. The lowest BCUT2D eigenvalue weighted by molar-refractivity contribution is 0.287. The van der Waals surface area contributed by atoms with Crippen LogP contribution in [-0.4, -0.2) is 53.3 Å². The van der Waals surface area contributed by atoms with E-state index in [4.69, 9.17) is 9.26 Å². The van der Waals surface area contributed by atoms with Gasteiger partial charge in [-0.15, -0.1) is 0 Å². The zero-order valence-electron chi connectivity index (χ0n) is 15.6. The molecule has 1 aliphatic rings. The van der Waals surface area contributed by atoms with Gasteiger partial charge in [-0.1, -0.05) is 23.4 Å². The molecule has 0 N–H and O–H groups in total. The van der Waals surface area contributed by atoms with E-state index in [2.05, 4.69) is 39.0 Å². The number of benzene rings is 1. The molecule has 7 nitrogen and oxygen atoms in total. The van der Waals surface area contributed by atoms with Crippen LogP contribution in [0.2, 0.25) is 0 Å². The molecule has 0 unspecified atom stereocenters. The van der Waals surface area contributed by atoms with Crippen molar-refractivity contribution in [1.29, 1.82) is 0 Å². The molecule has 3 heterocycles. The van der Waals surface area contributed by atoms with Crippen molar-refractivity contribution < 1.29 is 9.26 Å². The number of hydrogen-bond acceptors (Lipinski definition) is 7. The van der Waals surface area contributed by atoms with E-state index in [9.17, 15) is 0 Å². The topological polar surface area (TPSA) is 67.5 Å². The van der Waals surface area contributed by atoms with E-state index < -0.39 is 0 Å². The molecular weight excluding hydrogens is 342 g/mol. The summed E-state index contributed by atoms with van der Waals surface area (Å²) in [5, 5.41) is 3.98. The SMILES string of the molecule is CN(C)[C@@H]1CCN(c2ccc(-c3nc(COc4ccccc4)no3)cn2)C1. The summed E-state index contributed by atoms with van der Waals surface area (Å²) in [6.45, 7) is 2.29. The highest BCUT2D eigenvalue weighted by Gasteiger charge is 2.24. The fourth-order valence-electron chi connectivity index (χ4n) is 3.17. The summed E-state index contributed by atoms with van der Waals surface area (Å²) in [7, 11) is 4.25. The highest BCUT2D eigenvalue weighted by atomic mass is 16.5. The minimum atomic E-state index is 0.263. The quantitative estimate of drug-likeness (QED) is 0.665. The molecule has 0 saturated carbocycles. The van der Waals surface area contributed by atoms with Crippen LogP contribution in [0.5, 0.6) is 5.75 Å². The molecule has 3 aromatic rings. The van der Waals surface area contributed by atoms with Crippen LogP contribution >= 0.6 is 0 Å². The zero-order valence-corrected chi connectivity index (χ0v) is 15.6. The van der Waals surface area contributed by atoms with E-state index >= 15 is 0 Å². The molecule has 0 amide bonds. The van der Waals surface area contributed by atoms with Crippen LogP contribution < -0.4 is 9.64 Å². The van der Waals surface area contributed by atoms with Crippen LogP contribution in [0.25, 0.3) is 11.5 Å². The van der Waals surface area contributed by atoms with Crippen LogP contribution in [-0.2, 0) is 6.61 Å². The molecule has 0 spiro atoms. The number of para-hydroxylation sites is 1. The molecular formula is C20H23N5O2. The first kappa shape index (κ1) is 17.5. The van der Waals surface area contributed by atoms with E-state index in [1.54, 1.807) is 6.20 Å². The number of likely N-dealkylation sites (N-methyl/N-ethyl adjacent to an activating group) is 1. The van der Waals surface area contributed by atoms with E-state index in [0.29, 0.717) is 17.8 Å². The minimum Gasteiger partial charge on any atom is -0.485 e. The highest BCUT2D eigenvalue weighted by Crippen LogP contribution is 2.23. The predicted octanol–water partition coefficient (Wildman–Crippen LogP) is 2.85. The molecule has 0 bridgehead atoms. The number of pyridine rings is 1. The van der Waals surface area contributed by atoms with Crippen molar-refractivity contribution in [2.24, 2.45) is 0 Å². The van der Waals surface area contributed by atoms with E-state index in [1.165, 1.54) is 0 Å². The Morgan fingerprint density at radius 3 is 2.74 bits per heavy atom. The monoisotopic (exact) mass is 365 g/mol. The van der Waals surface area contributed by atoms with Crippen molar-refractivity contribution in [3.8, 4) is 17.2 Å². The van der Waals surface area contributed by atoms with Gasteiger partial charge < -0.3 is 19.1 Å². The largest absolute Gasteiger partial charge is 0.485 e. The molecule has 1 saturated heterocycles. The van der Waals surface area contributed by atoms with Gasteiger partial charge in [0.25, 0.3) is 5.89 Å². The maximum atomic E-state index is 5.65. The maximum absolute atomic E-state index is 5.65. The van der Waals surface area contributed by atoms with Crippen LogP contribution in [0.3, 0.4) is 0 Å². The van der Waals surface area contributed by atoms with Crippen molar-refractivity contribution in [1.82, 2.24) is 20.0 Å². The molecule has 27 heavy (non-hydrogen) atoms. The van der Waals surface area contributed by atoms with Gasteiger partial charge in [0.1, 0.15) is 11.6 Å². The van der Waals surface area contributed by atoms with Gasteiger partial charge in [-0.2, -0.15) is 4.98 Å². The van der Waals surface area contributed by atoms with Crippen molar-refractivity contribution in [3.63, 3.8) is 0 Å². The Morgan fingerprint density at radius 1 is 1.19 bits per heavy atom. The molecule has 2 aromatic heterocycles. The molecule has 1 aliphatic heterocycles. The summed E-state index contributed by atoms with van der Waals surface area (Å²) in [5.41, 5.74) is 0.806. The molecule has 1 aromatic carbocycles. The Bertz CT molecular complexity index is 864. The lowest BCUT2D eigenvalue weighted by atomic mass is 10.2. The average molecular weight is 365 g/mol. The second kappa shape index (κ2) is 7.75. The van der Waals surface area contributed by atoms with Crippen molar-refractivity contribution >= 4 is 5.82 Å². The number of aromatic nitrogens is 3. The smallest absolute Gasteiger partial charge is 0.259 e. The second-order valence-electron chi connectivity index (χ2n) is 6.87.